The van der Waals surface area contributed by atoms with E-state index in [2.05, 4.69) is 42.7 Å². The van der Waals surface area contributed by atoms with Crippen LogP contribution < -0.4 is 15.5 Å². The molecule has 28 heavy (non-hydrogen) atoms. The average molecular weight is 380 g/mol. The number of carbonyl (C=O) groups is 2. The number of carbonyl (C=O) groups excluding carboxylic acids is 2. The molecule has 0 saturated heterocycles. The lowest BCUT2D eigenvalue weighted by atomic mass is 10.0. The normalized spacial score (nSPS) is 17.6. The lowest BCUT2D eigenvalue weighted by Crippen LogP contribution is -2.52. The van der Waals surface area contributed by atoms with Gasteiger partial charge in [0.25, 0.3) is 0 Å². The van der Waals surface area contributed by atoms with E-state index in [1.807, 2.05) is 29.2 Å². The van der Waals surface area contributed by atoms with Crippen LogP contribution in [0.5, 0.6) is 0 Å². The molecule has 2 N–H and O–H groups in total. The molecule has 1 heterocycles. The molecule has 2 amide bonds. The van der Waals surface area contributed by atoms with Crippen molar-refractivity contribution in [3.63, 3.8) is 0 Å². The molecule has 1 aliphatic rings. The van der Waals surface area contributed by atoms with Crippen LogP contribution in [0.15, 0.2) is 42.5 Å². The van der Waals surface area contributed by atoms with Crippen molar-refractivity contribution in [1.29, 1.82) is 0 Å². The predicted molar refractivity (Wildman–Crippen MR) is 112 cm³/mol. The van der Waals surface area contributed by atoms with Crippen LogP contribution in [0.1, 0.15) is 35.6 Å². The summed E-state index contributed by atoms with van der Waals surface area (Å²) in [6.45, 7) is 6.46. The molecule has 1 unspecified atom stereocenters. The van der Waals surface area contributed by atoms with Crippen molar-refractivity contribution in [2.75, 3.05) is 11.9 Å². The molecule has 0 fully saturated rings. The van der Waals surface area contributed by atoms with E-state index in [0.717, 1.165) is 23.2 Å². The summed E-state index contributed by atoms with van der Waals surface area (Å²) in [4.78, 5) is 27.7. The molecule has 0 aromatic heterocycles. The molecule has 2 aromatic rings. The second kappa shape index (κ2) is 8.57. The number of hydrogen-bond donors (Lipinski definition) is 2. The minimum atomic E-state index is -0.527. The summed E-state index contributed by atoms with van der Waals surface area (Å²) in [5.74, 6) is -0.207. The number of likely N-dealkylation sites (N-methyl/N-ethyl adjacent to an activating group) is 1. The number of nitrogens with zero attached hydrogens (tertiary/aromatic N) is 1. The summed E-state index contributed by atoms with van der Waals surface area (Å²) < 4.78 is 0. The standard InChI is InChI=1S/C23H29N3O2/c1-15-8-7-10-19(16(15)2)14-26-21-11-6-5-9-18(21)12-13-20(23(26)28)25-22(27)17(3)24-4/h5-11,17,20,24H,12-14H2,1-4H3,(H,25,27)/t17?,20-/m0/s1. The number of rotatable bonds is 5. The fourth-order valence-electron chi connectivity index (χ4n) is 3.59. The van der Waals surface area contributed by atoms with Crippen LogP contribution in [-0.4, -0.2) is 30.9 Å². The number of fused-ring (bicyclic) bond motifs is 1. The van der Waals surface area contributed by atoms with Crippen LogP contribution in [0.4, 0.5) is 5.69 Å². The van der Waals surface area contributed by atoms with Crippen molar-refractivity contribution in [3.8, 4) is 0 Å². The zero-order valence-corrected chi connectivity index (χ0v) is 17.1. The van der Waals surface area contributed by atoms with Gasteiger partial charge in [0.05, 0.1) is 12.6 Å². The van der Waals surface area contributed by atoms with E-state index >= 15 is 0 Å². The van der Waals surface area contributed by atoms with Gasteiger partial charge < -0.3 is 15.5 Å². The van der Waals surface area contributed by atoms with Crippen LogP contribution in [0.2, 0.25) is 0 Å². The van der Waals surface area contributed by atoms with Gasteiger partial charge in [-0.2, -0.15) is 0 Å². The molecule has 5 nitrogen and oxygen atoms in total. The highest BCUT2D eigenvalue weighted by molar-refractivity contribution is 6.00. The maximum atomic E-state index is 13.4. The van der Waals surface area contributed by atoms with Crippen molar-refractivity contribution in [1.82, 2.24) is 10.6 Å². The molecular weight excluding hydrogens is 350 g/mol. The Morgan fingerprint density at radius 2 is 1.93 bits per heavy atom. The van der Waals surface area contributed by atoms with Gasteiger partial charge in [-0.25, -0.2) is 0 Å². The molecule has 2 aromatic carbocycles. The van der Waals surface area contributed by atoms with Gasteiger partial charge in [-0.15, -0.1) is 0 Å². The highest BCUT2D eigenvalue weighted by atomic mass is 16.2. The largest absolute Gasteiger partial charge is 0.343 e. The summed E-state index contributed by atoms with van der Waals surface area (Å²) in [5.41, 5.74) is 5.60. The van der Waals surface area contributed by atoms with Gasteiger partial charge in [0.15, 0.2) is 0 Å². The van der Waals surface area contributed by atoms with Gasteiger partial charge in [0.2, 0.25) is 11.8 Å². The highest BCUT2D eigenvalue weighted by Crippen LogP contribution is 2.29. The van der Waals surface area contributed by atoms with Gasteiger partial charge in [0, 0.05) is 5.69 Å². The minimum Gasteiger partial charge on any atom is -0.343 e. The van der Waals surface area contributed by atoms with Crippen LogP contribution in [0.25, 0.3) is 0 Å². The van der Waals surface area contributed by atoms with Gasteiger partial charge in [0.1, 0.15) is 6.04 Å². The molecule has 1 aliphatic heterocycles. The first kappa shape index (κ1) is 20.1. The number of hydrogen-bond acceptors (Lipinski definition) is 3. The van der Waals surface area contributed by atoms with Crippen molar-refractivity contribution >= 4 is 17.5 Å². The lowest BCUT2D eigenvalue weighted by Gasteiger charge is -2.28. The monoisotopic (exact) mass is 379 g/mol. The van der Waals surface area contributed by atoms with E-state index < -0.39 is 6.04 Å². The average Bonchev–Trinajstić information content (AvgIpc) is 2.82. The Morgan fingerprint density at radius 3 is 2.68 bits per heavy atom. The van der Waals surface area contributed by atoms with Crippen LogP contribution in [0, 0.1) is 13.8 Å². The lowest BCUT2D eigenvalue weighted by molar-refractivity contribution is -0.128. The fourth-order valence-corrected chi connectivity index (χ4v) is 3.59. The summed E-state index contributed by atoms with van der Waals surface area (Å²) in [5, 5.41) is 5.87. The Labute approximate surface area is 167 Å². The van der Waals surface area contributed by atoms with Crippen molar-refractivity contribution in [2.45, 2.75) is 52.2 Å². The first-order valence-corrected chi connectivity index (χ1v) is 9.84. The predicted octanol–water partition coefficient (Wildman–Crippen LogP) is 2.88. The Morgan fingerprint density at radius 1 is 1.18 bits per heavy atom. The highest BCUT2D eigenvalue weighted by Gasteiger charge is 2.32. The van der Waals surface area contributed by atoms with E-state index in [-0.39, 0.29) is 17.9 Å². The zero-order valence-electron chi connectivity index (χ0n) is 17.1. The Kier molecular flexibility index (Phi) is 6.15. The van der Waals surface area contributed by atoms with Gasteiger partial charge in [-0.05, 0) is 69.0 Å². The Hall–Kier alpha value is -2.66. The third-order valence-corrected chi connectivity index (χ3v) is 5.74. The van der Waals surface area contributed by atoms with E-state index in [1.165, 1.54) is 11.1 Å². The minimum absolute atomic E-state index is 0.0532. The number of aryl methyl sites for hydroxylation is 2. The molecule has 0 bridgehead atoms. The first-order valence-electron chi connectivity index (χ1n) is 9.84. The summed E-state index contributed by atoms with van der Waals surface area (Å²) in [6, 6.07) is 13.3. The van der Waals surface area contributed by atoms with Gasteiger partial charge >= 0.3 is 0 Å². The van der Waals surface area contributed by atoms with E-state index in [9.17, 15) is 9.59 Å². The Bertz CT molecular complexity index is 878. The molecule has 148 valence electrons. The molecule has 0 radical (unpaired) electrons. The number of nitrogens with one attached hydrogen (secondary N) is 2. The molecule has 2 atom stereocenters. The van der Waals surface area contributed by atoms with Crippen molar-refractivity contribution in [2.24, 2.45) is 0 Å². The van der Waals surface area contributed by atoms with E-state index in [0.29, 0.717) is 13.0 Å². The summed E-state index contributed by atoms with van der Waals surface area (Å²) >= 11 is 0. The fraction of sp³-hybridized carbons (Fsp3) is 0.391. The maximum absolute atomic E-state index is 13.4. The van der Waals surface area contributed by atoms with Crippen molar-refractivity contribution in [3.05, 3.63) is 64.7 Å². The molecule has 0 spiro atoms. The maximum Gasteiger partial charge on any atom is 0.249 e. The van der Waals surface area contributed by atoms with Crippen LogP contribution in [0.3, 0.4) is 0 Å². The van der Waals surface area contributed by atoms with Gasteiger partial charge in [-0.1, -0.05) is 36.4 Å². The Balaban J connectivity index is 1.94. The van der Waals surface area contributed by atoms with Crippen molar-refractivity contribution < 1.29 is 9.59 Å². The quantitative estimate of drug-likeness (QED) is 0.840. The summed E-state index contributed by atoms with van der Waals surface area (Å²) in [7, 11) is 1.74. The number of para-hydroxylation sites is 1. The van der Waals surface area contributed by atoms with Crippen LogP contribution in [-0.2, 0) is 22.6 Å². The smallest absolute Gasteiger partial charge is 0.249 e. The number of amides is 2. The molecular formula is C23H29N3O2. The molecule has 3 rings (SSSR count). The molecule has 5 heteroatoms. The first-order chi connectivity index (χ1) is 13.4. The van der Waals surface area contributed by atoms with Crippen LogP contribution >= 0.6 is 0 Å². The van der Waals surface area contributed by atoms with Gasteiger partial charge in [-0.3, -0.25) is 9.59 Å². The summed E-state index contributed by atoms with van der Waals surface area (Å²) in [6.07, 6.45) is 1.35. The number of anilines is 1. The second-order valence-corrected chi connectivity index (χ2v) is 7.52. The van der Waals surface area contributed by atoms with E-state index in [1.54, 1.807) is 14.0 Å². The second-order valence-electron chi connectivity index (χ2n) is 7.52. The topological polar surface area (TPSA) is 61.4 Å². The SMILES string of the molecule is CNC(C)C(=O)N[C@H]1CCc2ccccc2N(Cc2cccc(C)c2C)C1=O. The zero-order chi connectivity index (χ0) is 20.3. The number of benzene rings is 2. The molecule has 0 saturated carbocycles. The molecule has 0 aliphatic carbocycles. The third-order valence-electron chi connectivity index (χ3n) is 5.74. The van der Waals surface area contributed by atoms with E-state index in [4.69, 9.17) is 0 Å². The third kappa shape index (κ3) is 4.09.